The highest BCUT2D eigenvalue weighted by molar-refractivity contribution is 7.83. The standard InChI is InChI=1S/C22H26N6OS/c1-16(17-3-4-19-20(13-17)24-10-9-23-19)27-11-5-18-14-28(30(29)21(18)6-12-27)15-22-25-7-2-8-26-22/h2-4,7-10,13,16,18,21H,5-6,11-12,14-15H2,1H3. The third-order valence-electron chi connectivity index (χ3n) is 6.43. The maximum absolute atomic E-state index is 13.1. The lowest BCUT2D eigenvalue weighted by Crippen LogP contribution is -2.30. The van der Waals surface area contributed by atoms with E-state index in [4.69, 9.17) is 0 Å². The average Bonchev–Trinajstić information content (AvgIpc) is 2.95. The second-order valence-electron chi connectivity index (χ2n) is 8.16. The molecule has 0 aliphatic carbocycles. The van der Waals surface area contributed by atoms with E-state index in [9.17, 15) is 4.21 Å². The van der Waals surface area contributed by atoms with Crippen molar-refractivity contribution < 1.29 is 4.21 Å². The number of rotatable bonds is 4. The third-order valence-corrected chi connectivity index (χ3v) is 8.35. The molecule has 4 unspecified atom stereocenters. The van der Waals surface area contributed by atoms with Gasteiger partial charge in [-0.2, -0.15) is 0 Å². The van der Waals surface area contributed by atoms with Gasteiger partial charge in [0.1, 0.15) is 5.82 Å². The highest BCUT2D eigenvalue weighted by Gasteiger charge is 2.41. The number of aromatic nitrogens is 4. The Balaban J connectivity index is 1.26. The molecular formula is C22H26N6OS. The van der Waals surface area contributed by atoms with Crippen LogP contribution in [0.15, 0.2) is 49.1 Å². The van der Waals surface area contributed by atoms with Gasteiger partial charge in [0.25, 0.3) is 0 Å². The molecule has 30 heavy (non-hydrogen) atoms. The first kappa shape index (κ1) is 19.7. The molecule has 0 amide bonds. The Hall–Kier alpha value is -2.29. The van der Waals surface area contributed by atoms with Crippen molar-refractivity contribution in [1.82, 2.24) is 29.1 Å². The van der Waals surface area contributed by atoms with E-state index < -0.39 is 11.0 Å². The van der Waals surface area contributed by atoms with Crippen molar-refractivity contribution in [1.29, 1.82) is 0 Å². The van der Waals surface area contributed by atoms with Crippen molar-refractivity contribution in [3.63, 3.8) is 0 Å². The predicted octanol–water partition coefficient (Wildman–Crippen LogP) is 2.74. The highest BCUT2D eigenvalue weighted by Crippen LogP contribution is 2.35. The Kier molecular flexibility index (Phi) is 5.54. The summed E-state index contributed by atoms with van der Waals surface area (Å²) in [6.07, 6.45) is 8.99. The summed E-state index contributed by atoms with van der Waals surface area (Å²) >= 11 is 0. The fourth-order valence-electron chi connectivity index (χ4n) is 4.69. The van der Waals surface area contributed by atoms with Gasteiger partial charge in [0.15, 0.2) is 0 Å². The maximum atomic E-state index is 13.1. The molecule has 7 nitrogen and oxygen atoms in total. The molecule has 0 radical (unpaired) electrons. The minimum atomic E-state index is -0.972. The Labute approximate surface area is 179 Å². The molecule has 156 valence electrons. The van der Waals surface area contributed by atoms with Gasteiger partial charge in [0, 0.05) is 37.4 Å². The number of hydrogen-bond acceptors (Lipinski definition) is 6. The van der Waals surface area contributed by atoms with Crippen LogP contribution in [0.5, 0.6) is 0 Å². The second-order valence-corrected chi connectivity index (χ2v) is 9.83. The van der Waals surface area contributed by atoms with Crippen molar-refractivity contribution >= 4 is 22.0 Å². The van der Waals surface area contributed by atoms with Crippen molar-refractivity contribution in [3.05, 3.63) is 60.4 Å². The van der Waals surface area contributed by atoms with E-state index >= 15 is 0 Å². The van der Waals surface area contributed by atoms with Gasteiger partial charge >= 0.3 is 0 Å². The highest BCUT2D eigenvalue weighted by atomic mass is 32.2. The topological polar surface area (TPSA) is 75.1 Å². The van der Waals surface area contributed by atoms with Crippen LogP contribution < -0.4 is 0 Å². The van der Waals surface area contributed by atoms with Crippen LogP contribution >= 0.6 is 0 Å². The average molecular weight is 423 g/mol. The predicted molar refractivity (Wildman–Crippen MR) is 117 cm³/mol. The lowest BCUT2D eigenvalue weighted by Gasteiger charge is -2.28. The molecule has 0 saturated carbocycles. The summed E-state index contributed by atoms with van der Waals surface area (Å²) < 4.78 is 15.2. The van der Waals surface area contributed by atoms with Crippen LogP contribution in [0.1, 0.15) is 37.2 Å². The van der Waals surface area contributed by atoms with Crippen LogP contribution in [0.4, 0.5) is 0 Å². The van der Waals surface area contributed by atoms with E-state index in [1.807, 2.05) is 6.07 Å². The summed E-state index contributed by atoms with van der Waals surface area (Å²) in [6, 6.07) is 8.48. The van der Waals surface area contributed by atoms with Crippen LogP contribution in [-0.2, 0) is 17.5 Å². The Morgan fingerprint density at radius 2 is 1.80 bits per heavy atom. The molecule has 8 heteroatoms. The van der Waals surface area contributed by atoms with Crippen LogP contribution in [0.25, 0.3) is 11.0 Å². The van der Waals surface area contributed by atoms with E-state index in [0.29, 0.717) is 18.5 Å². The SMILES string of the molecule is CC(c1ccc2nccnc2c1)N1CCC2CN(Cc3ncccn3)S(=O)C2CC1. The summed E-state index contributed by atoms with van der Waals surface area (Å²) in [6.45, 7) is 5.67. The largest absolute Gasteiger partial charge is 0.297 e. The molecule has 5 rings (SSSR count). The molecule has 1 aromatic carbocycles. The van der Waals surface area contributed by atoms with Gasteiger partial charge in [-0.15, -0.1) is 0 Å². The first-order valence-electron chi connectivity index (χ1n) is 10.6. The van der Waals surface area contributed by atoms with Gasteiger partial charge in [0.05, 0.1) is 33.8 Å². The van der Waals surface area contributed by atoms with Crippen molar-refractivity contribution in [3.8, 4) is 0 Å². The fraction of sp³-hybridized carbons (Fsp3) is 0.455. The van der Waals surface area contributed by atoms with E-state index in [2.05, 4.69) is 54.3 Å². The van der Waals surface area contributed by atoms with E-state index in [1.54, 1.807) is 24.8 Å². The number of nitrogens with zero attached hydrogens (tertiary/aromatic N) is 6. The van der Waals surface area contributed by atoms with Gasteiger partial charge in [-0.3, -0.25) is 14.9 Å². The molecule has 0 N–H and O–H groups in total. The van der Waals surface area contributed by atoms with E-state index in [-0.39, 0.29) is 5.25 Å². The molecule has 4 heterocycles. The number of likely N-dealkylation sites (tertiary alicyclic amines) is 1. The first-order chi connectivity index (χ1) is 14.7. The Morgan fingerprint density at radius 1 is 1.03 bits per heavy atom. The van der Waals surface area contributed by atoms with Crippen LogP contribution in [0, 0.1) is 5.92 Å². The van der Waals surface area contributed by atoms with Gasteiger partial charge in [-0.1, -0.05) is 6.07 Å². The van der Waals surface area contributed by atoms with Gasteiger partial charge in [-0.05, 0) is 62.5 Å². The Bertz CT molecular complexity index is 1050. The minimum absolute atomic E-state index is 0.230. The van der Waals surface area contributed by atoms with Crippen molar-refractivity contribution in [2.75, 3.05) is 19.6 Å². The number of hydrogen-bond donors (Lipinski definition) is 0. The lowest BCUT2D eigenvalue weighted by molar-refractivity contribution is 0.214. The second kappa shape index (κ2) is 8.45. The molecule has 2 fully saturated rings. The summed E-state index contributed by atoms with van der Waals surface area (Å²) in [5.74, 6) is 1.21. The van der Waals surface area contributed by atoms with Crippen LogP contribution in [0.2, 0.25) is 0 Å². The number of fused-ring (bicyclic) bond motifs is 2. The monoisotopic (exact) mass is 422 g/mol. The fourth-order valence-corrected chi connectivity index (χ4v) is 6.52. The molecule has 4 atom stereocenters. The zero-order valence-electron chi connectivity index (χ0n) is 17.1. The van der Waals surface area contributed by atoms with Crippen LogP contribution in [-0.4, -0.2) is 58.2 Å². The number of benzene rings is 1. The van der Waals surface area contributed by atoms with Gasteiger partial charge in [-0.25, -0.2) is 18.5 Å². The normalized spacial score (nSPS) is 26.4. The molecule has 2 saturated heterocycles. The molecule has 2 aromatic heterocycles. The summed E-state index contributed by atoms with van der Waals surface area (Å²) in [5, 5.41) is 0.230. The van der Waals surface area contributed by atoms with Crippen molar-refractivity contribution in [2.24, 2.45) is 5.92 Å². The van der Waals surface area contributed by atoms with Gasteiger partial charge < -0.3 is 0 Å². The maximum Gasteiger partial charge on any atom is 0.143 e. The summed E-state index contributed by atoms with van der Waals surface area (Å²) in [5.41, 5.74) is 3.13. The Morgan fingerprint density at radius 3 is 2.63 bits per heavy atom. The van der Waals surface area contributed by atoms with Crippen LogP contribution in [0.3, 0.4) is 0 Å². The van der Waals surface area contributed by atoms with E-state index in [1.165, 1.54) is 5.56 Å². The van der Waals surface area contributed by atoms with Gasteiger partial charge in [0.2, 0.25) is 0 Å². The molecule has 2 aliphatic heterocycles. The molecule has 0 bridgehead atoms. The quantitative estimate of drug-likeness (QED) is 0.644. The van der Waals surface area contributed by atoms with Crippen molar-refractivity contribution in [2.45, 2.75) is 37.6 Å². The smallest absolute Gasteiger partial charge is 0.143 e. The molecule has 2 aliphatic rings. The molecular weight excluding hydrogens is 396 g/mol. The molecule has 0 spiro atoms. The first-order valence-corrected chi connectivity index (χ1v) is 11.7. The lowest BCUT2D eigenvalue weighted by atomic mass is 10.0. The zero-order chi connectivity index (χ0) is 20.5. The zero-order valence-corrected chi connectivity index (χ0v) is 17.9. The third kappa shape index (κ3) is 3.87. The minimum Gasteiger partial charge on any atom is -0.297 e. The van der Waals surface area contributed by atoms with E-state index in [0.717, 1.165) is 49.3 Å². The molecule has 3 aromatic rings. The summed E-state index contributed by atoms with van der Waals surface area (Å²) in [4.78, 5) is 19.9. The summed E-state index contributed by atoms with van der Waals surface area (Å²) in [7, 11) is -0.972.